The second-order valence-corrected chi connectivity index (χ2v) is 9.25. The molecule has 3 aliphatic heterocycles. The Morgan fingerprint density at radius 2 is 1.82 bits per heavy atom. The lowest BCUT2D eigenvalue weighted by Gasteiger charge is -2.50. The van der Waals surface area contributed by atoms with Gasteiger partial charge in [-0.2, -0.15) is 13.5 Å². The first-order valence-corrected chi connectivity index (χ1v) is 10.7. The summed E-state index contributed by atoms with van der Waals surface area (Å²) < 4.78 is 0. The van der Waals surface area contributed by atoms with E-state index in [1.165, 1.54) is 0 Å². The van der Waals surface area contributed by atoms with E-state index in [-0.39, 0.29) is 43.6 Å². The van der Waals surface area contributed by atoms with Crippen molar-refractivity contribution in [2.45, 2.75) is 83.8 Å². The molecule has 3 rings (SSSR count). The minimum Gasteiger partial charge on any atom is -0.301 e. The third-order valence-electron chi connectivity index (χ3n) is 5.87. The van der Waals surface area contributed by atoms with E-state index in [4.69, 9.17) is 0 Å². The molecule has 1 fully saturated rings. The van der Waals surface area contributed by atoms with Crippen LogP contribution >= 0.6 is 13.5 Å². The largest absolute Gasteiger partial charge is 0.301 e. The molecule has 2 bridgehead atoms. The Morgan fingerprint density at radius 3 is 2.43 bits per heavy atom. The minimum atomic E-state index is -0.623. The van der Waals surface area contributed by atoms with Gasteiger partial charge < -0.3 is 5.32 Å². The number of hydrogen-bond acceptors (Lipinski definition) is 5. The van der Waals surface area contributed by atoms with Crippen molar-refractivity contribution < 1.29 is 9.59 Å². The summed E-state index contributed by atoms with van der Waals surface area (Å²) in [5.74, 6) is 0.347. The quantitative estimate of drug-likeness (QED) is 0.697. The lowest BCUT2D eigenvalue weighted by molar-refractivity contribution is -0.133. The van der Waals surface area contributed by atoms with Crippen LogP contribution in [0.5, 0.6) is 0 Å². The first-order chi connectivity index (χ1) is 12.7. The highest BCUT2D eigenvalue weighted by molar-refractivity contribution is 7.59. The van der Waals surface area contributed by atoms with Crippen LogP contribution in [0.15, 0.2) is 12.2 Å². The third kappa shape index (κ3) is 6.41. The highest BCUT2D eigenvalue weighted by Gasteiger charge is 2.49. The number of Topliss-reactive ketones (excluding diaryl/α,β-unsaturated/α-hetero) is 2. The van der Waals surface area contributed by atoms with Crippen LogP contribution in [0.2, 0.25) is 0 Å². The van der Waals surface area contributed by atoms with E-state index in [1.807, 2.05) is 20.8 Å². The summed E-state index contributed by atoms with van der Waals surface area (Å²) in [7, 11) is 0. The fraction of sp³-hybridized carbons (Fsp3) is 0.818. The molecule has 0 aromatic heterocycles. The summed E-state index contributed by atoms with van der Waals surface area (Å²) in [6.07, 6.45) is 9.64. The number of nitrogens with one attached hydrogen (secondary N) is 2. The standard InChI is InChI=1S/C22H39N3O2.H2S/c1-17(2)20(27)21(5)12-10-8-6-7-9-11-13-25-15-22(16-25,24-18(3)4)19(26)14-23-21;/h9,11,17-18,23-24H,6-8,10,12-16H2,1-5H3;1H2/t21-;/m0./s1. The molecule has 0 saturated carbocycles. The van der Waals surface area contributed by atoms with Crippen molar-refractivity contribution in [1.82, 2.24) is 15.5 Å². The van der Waals surface area contributed by atoms with Gasteiger partial charge in [-0.15, -0.1) is 0 Å². The summed E-state index contributed by atoms with van der Waals surface area (Å²) in [6.45, 7) is 12.7. The summed E-state index contributed by atoms with van der Waals surface area (Å²) in [4.78, 5) is 28.3. The number of nitrogens with zero attached hydrogens (tertiary/aromatic N) is 1. The fourth-order valence-corrected chi connectivity index (χ4v) is 4.39. The SMILES string of the molecule is CC(C)NC12CN(CC=CCCCCC[C@@](C)(C(=O)C(C)C)NCC1=O)C2.S. The molecular formula is C22H41N3O2S. The van der Waals surface area contributed by atoms with Crippen LogP contribution in [0.4, 0.5) is 0 Å². The normalized spacial score (nSPS) is 32.2. The second kappa shape index (κ2) is 10.9. The molecule has 0 aliphatic carbocycles. The molecule has 6 heteroatoms. The monoisotopic (exact) mass is 411 g/mol. The predicted octanol–water partition coefficient (Wildman–Crippen LogP) is 2.81. The lowest BCUT2D eigenvalue weighted by Crippen LogP contribution is -2.75. The predicted molar refractivity (Wildman–Crippen MR) is 121 cm³/mol. The number of hydrogen-bond donors (Lipinski definition) is 2. The van der Waals surface area contributed by atoms with E-state index in [0.717, 1.165) is 51.7 Å². The summed E-state index contributed by atoms with van der Waals surface area (Å²) in [5.41, 5.74) is -1.11. The van der Waals surface area contributed by atoms with Gasteiger partial charge in [-0.25, -0.2) is 0 Å². The molecule has 28 heavy (non-hydrogen) atoms. The average molecular weight is 412 g/mol. The summed E-state index contributed by atoms with van der Waals surface area (Å²) in [6, 6.07) is 0.248. The Bertz CT molecular complexity index is 556. The van der Waals surface area contributed by atoms with Crippen molar-refractivity contribution in [3.63, 3.8) is 0 Å². The molecule has 0 radical (unpaired) electrons. The maximum absolute atomic E-state index is 13.1. The number of carbonyl (C=O) groups is 2. The van der Waals surface area contributed by atoms with Gasteiger partial charge in [0, 0.05) is 31.6 Å². The molecule has 0 unspecified atom stereocenters. The molecule has 1 saturated heterocycles. The van der Waals surface area contributed by atoms with E-state index in [9.17, 15) is 9.59 Å². The zero-order valence-electron chi connectivity index (χ0n) is 18.4. The zero-order valence-corrected chi connectivity index (χ0v) is 19.4. The van der Waals surface area contributed by atoms with Crippen molar-refractivity contribution in [2.75, 3.05) is 26.2 Å². The van der Waals surface area contributed by atoms with E-state index in [2.05, 4.69) is 41.5 Å². The van der Waals surface area contributed by atoms with Crippen LogP contribution < -0.4 is 10.6 Å². The van der Waals surface area contributed by atoms with Gasteiger partial charge in [-0.1, -0.05) is 38.8 Å². The van der Waals surface area contributed by atoms with Crippen LogP contribution in [0.25, 0.3) is 0 Å². The van der Waals surface area contributed by atoms with Gasteiger partial charge in [0.1, 0.15) is 5.54 Å². The maximum atomic E-state index is 13.1. The van der Waals surface area contributed by atoms with Gasteiger partial charge in [-0.3, -0.25) is 19.8 Å². The van der Waals surface area contributed by atoms with E-state index < -0.39 is 11.1 Å². The number of allylic oxidation sites excluding steroid dienone is 1. The van der Waals surface area contributed by atoms with Gasteiger partial charge in [-0.05, 0) is 40.0 Å². The summed E-state index contributed by atoms with van der Waals surface area (Å²) in [5, 5.41) is 6.88. The van der Waals surface area contributed by atoms with Gasteiger partial charge >= 0.3 is 0 Å². The molecule has 1 atom stereocenters. The second-order valence-electron chi connectivity index (χ2n) is 9.25. The molecule has 162 valence electrons. The van der Waals surface area contributed by atoms with Crippen LogP contribution in [0.3, 0.4) is 0 Å². The Morgan fingerprint density at radius 1 is 1.14 bits per heavy atom. The molecule has 0 aromatic rings. The van der Waals surface area contributed by atoms with Crippen LogP contribution in [0.1, 0.15) is 66.7 Å². The molecule has 0 aromatic carbocycles. The van der Waals surface area contributed by atoms with Gasteiger partial charge in [0.15, 0.2) is 11.6 Å². The fourth-order valence-electron chi connectivity index (χ4n) is 4.39. The molecule has 2 N–H and O–H groups in total. The lowest BCUT2D eigenvalue weighted by atomic mass is 9.81. The Balaban J connectivity index is 0.00000392. The maximum Gasteiger partial charge on any atom is 0.169 e. The highest BCUT2D eigenvalue weighted by atomic mass is 32.1. The Labute approximate surface area is 178 Å². The van der Waals surface area contributed by atoms with E-state index in [0.29, 0.717) is 0 Å². The third-order valence-corrected chi connectivity index (χ3v) is 5.87. The Hall–Kier alpha value is -0.690. The molecule has 0 amide bonds. The first-order valence-electron chi connectivity index (χ1n) is 10.7. The van der Waals surface area contributed by atoms with Crippen molar-refractivity contribution >= 4 is 25.1 Å². The molecule has 3 heterocycles. The Kier molecular flexibility index (Phi) is 9.87. The van der Waals surface area contributed by atoms with Crippen LogP contribution in [-0.2, 0) is 9.59 Å². The van der Waals surface area contributed by atoms with Crippen LogP contribution in [-0.4, -0.2) is 59.8 Å². The van der Waals surface area contributed by atoms with Crippen molar-refractivity contribution in [2.24, 2.45) is 5.92 Å². The molecule has 3 aliphatic rings. The van der Waals surface area contributed by atoms with Gasteiger partial charge in [0.2, 0.25) is 0 Å². The van der Waals surface area contributed by atoms with Gasteiger partial charge in [0.05, 0.1) is 12.1 Å². The topological polar surface area (TPSA) is 61.4 Å². The number of ketones is 2. The van der Waals surface area contributed by atoms with Crippen molar-refractivity contribution in [1.29, 1.82) is 0 Å². The van der Waals surface area contributed by atoms with Crippen molar-refractivity contribution in [3.05, 3.63) is 12.2 Å². The first kappa shape index (κ1) is 25.3. The highest BCUT2D eigenvalue weighted by Crippen LogP contribution is 2.25. The zero-order chi connectivity index (χ0) is 20.1. The van der Waals surface area contributed by atoms with Crippen molar-refractivity contribution in [3.8, 4) is 0 Å². The van der Waals surface area contributed by atoms with Crippen LogP contribution in [0, 0.1) is 5.92 Å². The van der Waals surface area contributed by atoms with E-state index in [1.54, 1.807) is 0 Å². The summed E-state index contributed by atoms with van der Waals surface area (Å²) >= 11 is 0. The molecule has 0 spiro atoms. The van der Waals surface area contributed by atoms with E-state index >= 15 is 0 Å². The average Bonchev–Trinajstić information content (AvgIpc) is 2.57. The van der Waals surface area contributed by atoms with Gasteiger partial charge in [0.25, 0.3) is 0 Å². The number of fused-ring (bicyclic) bond motifs is 10. The molecule has 5 nitrogen and oxygen atoms in total. The smallest absolute Gasteiger partial charge is 0.169 e. The number of carbonyl (C=O) groups excluding carboxylic acids is 2. The number of rotatable bonds is 4. The molecular weight excluding hydrogens is 370 g/mol. The minimum absolute atomic E-state index is 0.